The molecule has 0 fully saturated rings. The molecule has 0 N–H and O–H groups in total. The maximum absolute atomic E-state index is 13.2. The fourth-order valence-electron chi connectivity index (χ4n) is 3.58. The molecule has 154 valence electrons. The molecule has 4 aromatic rings. The van der Waals surface area contributed by atoms with Gasteiger partial charge in [0, 0.05) is 22.1 Å². The molecule has 5 rings (SSSR count). The molecule has 1 amide bonds. The zero-order chi connectivity index (χ0) is 21.7. The van der Waals surface area contributed by atoms with Crippen LogP contribution in [0.5, 0.6) is 5.75 Å². The standard InChI is InChI=1S/C22H15BrN4O3S/c1-3-10-26-16-9-6-13(23)11-15(16)17(20(26)28)18-21(29)27-22(31-18)24-19(25-27)12-4-7-14(30-2)8-5-12/h3-9,11H,1,10H2,2H3/b18-17-. The highest BCUT2D eigenvalue weighted by Gasteiger charge is 2.34. The normalized spacial score (nSPS) is 14.9. The van der Waals surface area contributed by atoms with Gasteiger partial charge in [0.1, 0.15) is 10.3 Å². The number of carbonyl (C=O) groups is 1. The quantitative estimate of drug-likeness (QED) is 0.407. The molecular weight excluding hydrogens is 480 g/mol. The first-order valence-corrected chi connectivity index (χ1v) is 10.9. The van der Waals surface area contributed by atoms with Gasteiger partial charge in [0.2, 0.25) is 4.96 Å². The molecule has 0 unspecified atom stereocenters. The lowest BCUT2D eigenvalue weighted by Crippen LogP contribution is -2.32. The van der Waals surface area contributed by atoms with Crippen LogP contribution < -0.4 is 19.7 Å². The minimum Gasteiger partial charge on any atom is -0.497 e. The summed E-state index contributed by atoms with van der Waals surface area (Å²) in [6.07, 6.45) is 1.66. The summed E-state index contributed by atoms with van der Waals surface area (Å²) in [5, 5.41) is 4.38. The maximum atomic E-state index is 13.2. The van der Waals surface area contributed by atoms with Gasteiger partial charge in [-0.25, -0.2) is 0 Å². The Kier molecular flexibility index (Phi) is 4.71. The van der Waals surface area contributed by atoms with Crippen LogP contribution in [0.15, 0.2) is 64.4 Å². The van der Waals surface area contributed by atoms with Gasteiger partial charge < -0.3 is 9.64 Å². The minimum atomic E-state index is -0.359. The Morgan fingerprint density at radius 1 is 1.19 bits per heavy atom. The second-order valence-electron chi connectivity index (χ2n) is 6.84. The lowest BCUT2D eigenvalue weighted by atomic mass is 10.1. The number of rotatable bonds is 4. The average Bonchev–Trinajstić information content (AvgIpc) is 3.40. The first-order valence-electron chi connectivity index (χ1n) is 9.33. The number of benzene rings is 2. The second-order valence-corrected chi connectivity index (χ2v) is 8.73. The number of aromatic nitrogens is 3. The van der Waals surface area contributed by atoms with Gasteiger partial charge in [-0.3, -0.25) is 9.59 Å². The fourth-order valence-corrected chi connectivity index (χ4v) is 4.94. The highest BCUT2D eigenvalue weighted by Crippen LogP contribution is 2.37. The van der Waals surface area contributed by atoms with Crippen molar-refractivity contribution < 1.29 is 9.53 Å². The van der Waals surface area contributed by atoms with Crippen molar-refractivity contribution >= 4 is 49.4 Å². The number of halogens is 1. The van der Waals surface area contributed by atoms with Crippen molar-refractivity contribution in [1.29, 1.82) is 0 Å². The average molecular weight is 495 g/mol. The molecular formula is C22H15BrN4O3S. The molecule has 31 heavy (non-hydrogen) atoms. The summed E-state index contributed by atoms with van der Waals surface area (Å²) in [6, 6.07) is 12.9. The molecule has 7 nitrogen and oxygen atoms in total. The molecule has 1 aliphatic heterocycles. The van der Waals surface area contributed by atoms with Crippen molar-refractivity contribution in [3.8, 4) is 17.1 Å². The van der Waals surface area contributed by atoms with Gasteiger partial charge in [0.05, 0.1) is 18.4 Å². The smallest absolute Gasteiger partial charge is 0.291 e. The fraction of sp³-hybridized carbons (Fsp3) is 0.0909. The Morgan fingerprint density at radius 2 is 1.97 bits per heavy atom. The van der Waals surface area contributed by atoms with Crippen molar-refractivity contribution in [1.82, 2.24) is 14.6 Å². The van der Waals surface area contributed by atoms with E-state index in [0.29, 0.717) is 33.0 Å². The first kappa shape index (κ1) is 19.7. The molecule has 1 aliphatic rings. The summed E-state index contributed by atoms with van der Waals surface area (Å²) < 4.78 is 7.58. The van der Waals surface area contributed by atoms with Crippen LogP contribution in [-0.2, 0) is 4.79 Å². The third-order valence-electron chi connectivity index (χ3n) is 5.02. The second kappa shape index (κ2) is 7.44. The molecule has 0 spiro atoms. The van der Waals surface area contributed by atoms with Crippen molar-refractivity contribution in [3.05, 3.63) is 80.0 Å². The van der Waals surface area contributed by atoms with E-state index >= 15 is 0 Å². The third-order valence-corrected chi connectivity index (χ3v) is 6.55. The topological polar surface area (TPSA) is 76.8 Å². The molecule has 0 bridgehead atoms. The Morgan fingerprint density at radius 3 is 2.65 bits per heavy atom. The predicted molar refractivity (Wildman–Crippen MR) is 124 cm³/mol. The number of thiazole rings is 1. The zero-order valence-corrected chi connectivity index (χ0v) is 18.7. The van der Waals surface area contributed by atoms with E-state index < -0.39 is 0 Å². The van der Waals surface area contributed by atoms with E-state index in [0.717, 1.165) is 32.8 Å². The van der Waals surface area contributed by atoms with Crippen LogP contribution in [0, 0.1) is 0 Å². The predicted octanol–water partition coefficient (Wildman–Crippen LogP) is 3.04. The number of anilines is 1. The van der Waals surface area contributed by atoms with Gasteiger partial charge in [-0.2, -0.15) is 9.50 Å². The van der Waals surface area contributed by atoms with Crippen LogP contribution in [-0.4, -0.2) is 34.2 Å². The van der Waals surface area contributed by atoms with Crippen LogP contribution in [0.4, 0.5) is 5.69 Å². The molecule has 0 saturated carbocycles. The van der Waals surface area contributed by atoms with Gasteiger partial charge in [0.25, 0.3) is 11.5 Å². The highest BCUT2D eigenvalue weighted by atomic mass is 79.9. The Labute approximate surface area is 189 Å². The molecule has 2 aromatic carbocycles. The van der Waals surface area contributed by atoms with E-state index in [9.17, 15) is 9.59 Å². The SMILES string of the molecule is C=CCN1C(=O)/C(=c2\sc3nc(-c4ccc(OC)cc4)nn3c2=O)c2cc(Br)ccc21. The van der Waals surface area contributed by atoms with Crippen molar-refractivity contribution in [2.75, 3.05) is 18.6 Å². The Hall–Kier alpha value is -3.30. The lowest BCUT2D eigenvalue weighted by Gasteiger charge is -2.14. The van der Waals surface area contributed by atoms with E-state index in [1.165, 1.54) is 4.52 Å². The number of amides is 1. The van der Waals surface area contributed by atoms with Crippen LogP contribution in [0.25, 0.3) is 21.9 Å². The highest BCUT2D eigenvalue weighted by molar-refractivity contribution is 9.10. The van der Waals surface area contributed by atoms with Crippen molar-refractivity contribution in [2.45, 2.75) is 0 Å². The minimum absolute atomic E-state index is 0.231. The number of carbonyl (C=O) groups excluding carboxylic acids is 1. The summed E-state index contributed by atoms with van der Waals surface area (Å²) in [4.78, 5) is 32.9. The van der Waals surface area contributed by atoms with Gasteiger partial charge >= 0.3 is 0 Å². The molecule has 0 atom stereocenters. The number of hydrogen-bond acceptors (Lipinski definition) is 6. The zero-order valence-electron chi connectivity index (χ0n) is 16.3. The van der Waals surface area contributed by atoms with Crippen LogP contribution in [0.1, 0.15) is 5.56 Å². The van der Waals surface area contributed by atoms with Crippen LogP contribution in [0.3, 0.4) is 0 Å². The van der Waals surface area contributed by atoms with Gasteiger partial charge in [0.15, 0.2) is 5.82 Å². The molecule has 3 heterocycles. The summed E-state index contributed by atoms with van der Waals surface area (Å²) in [5.41, 5.74) is 2.24. The van der Waals surface area contributed by atoms with E-state index in [-0.39, 0.29) is 11.5 Å². The monoisotopic (exact) mass is 494 g/mol. The van der Waals surface area contributed by atoms with Crippen LogP contribution in [0.2, 0.25) is 0 Å². The van der Waals surface area contributed by atoms with Crippen molar-refractivity contribution in [2.24, 2.45) is 0 Å². The number of fused-ring (bicyclic) bond motifs is 2. The largest absolute Gasteiger partial charge is 0.497 e. The third kappa shape index (κ3) is 3.08. The first-order chi connectivity index (χ1) is 15.0. The number of methoxy groups -OCH3 is 1. The summed E-state index contributed by atoms with van der Waals surface area (Å²) >= 11 is 4.62. The van der Waals surface area contributed by atoms with Crippen LogP contribution >= 0.6 is 27.3 Å². The molecule has 9 heteroatoms. The maximum Gasteiger partial charge on any atom is 0.291 e. The van der Waals surface area contributed by atoms with Crippen molar-refractivity contribution in [3.63, 3.8) is 0 Å². The molecule has 0 saturated heterocycles. The summed E-state index contributed by atoms with van der Waals surface area (Å²) in [7, 11) is 1.60. The lowest BCUT2D eigenvalue weighted by molar-refractivity contribution is -0.112. The van der Waals surface area contributed by atoms with E-state index in [4.69, 9.17) is 4.74 Å². The van der Waals surface area contributed by atoms with E-state index in [1.807, 2.05) is 42.5 Å². The molecule has 0 aliphatic carbocycles. The molecule has 2 aromatic heterocycles. The number of nitrogens with zero attached hydrogens (tertiary/aromatic N) is 4. The summed E-state index contributed by atoms with van der Waals surface area (Å²) in [6.45, 7) is 4.09. The van der Waals surface area contributed by atoms with E-state index in [2.05, 4.69) is 32.6 Å². The van der Waals surface area contributed by atoms with Gasteiger partial charge in [-0.15, -0.1) is 11.7 Å². The van der Waals surface area contributed by atoms with Gasteiger partial charge in [-0.05, 0) is 42.5 Å². The van der Waals surface area contributed by atoms with E-state index in [1.54, 1.807) is 18.1 Å². The Balaban J connectivity index is 1.70. The summed E-state index contributed by atoms with van der Waals surface area (Å²) in [5.74, 6) is 0.934. The number of hydrogen-bond donors (Lipinski definition) is 0. The number of ether oxygens (including phenoxy) is 1. The van der Waals surface area contributed by atoms with Gasteiger partial charge in [-0.1, -0.05) is 33.3 Å². The molecule has 0 radical (unpaired) electrons. The Bertz CT molecular complexity index is 1470.